The van der Waals surface area contributed by atoms with E-state index in [1.165, 1.54) is 17.5 Å². The maximum Gasteiger partial charge on any atom is 0.223 e. The summed E-state index contributed by atoms with van der Waals surface area (Å²) in [6, 6.07) is 6.77. The monoisotopic (exact) mass is 287 g/mol. The van der Waals surface area contributed by atoms with Crippen molar-refractivity contribution < 1.29 is 9.26 Å². The van der Waals surface area contributed by atoms with Crippen molar-refractivity contribution in [3.63, 3.8) is 0 Å². The van der Waals surface area contributed by atoms with E-state index in [-0.39, 0.29) is 0 Å². The number of nitrogens with one attached hydrogen (secondary N) is 1. The highest BCUT2D eigenvalue weighted by atomic mass is 16.5. The Bertz CT molecular complexity index is 609. The Balaban J connectivity index is 1.64. The Morgan fingerprint density at radius 3 is 3.10 bits per heavy atom. The zero-order chi connectivity index (χ0) is 14.7. The minimum atomic E-state index is 0.386. The molecule has 1 aromatic heterocycles. The van der Waals surface area contributed by atoms with Crippen LogP contribution in [0.4, 0.5) is 0 Å². The molecule has 1 N–H and O–H groups in total. The molecule has 1 heterocycles. The first-order chi connectivity index (χ1) is 10.3. The van der Waals surface area contributed by atoms with Gasteiger partial charge in [-0.3, -0.25) is 0 Å². The quantitative estimate of drug-likeness (QED) is 0.916. The van der Waals surface area contributed by atoms with Crippen molar-refractivity contribution >= 4 is 0 Å². The summed E-state index contributed by atoms with van der Waals surface area (Å²) >= 11 is 0. The van der Waals surface area contributed by atoms with Crippen molar-refractivity contribution in [3.8, 4) is 5.75 Å². The number of hydrogen-bond donors (Lipinski definition) is 1. The van der Waals surface area contributed by atoms with Crippen molar-refractivity contribution in [2.75, 3.05) is 13.7 Å². The molecule has 3 rings (SSSR count). The van der Waals surface area contributed by atoms with Crippen LogP contribution in [0, 0.1) is 6.92 Å². The van der Waals surface area contributed by atoms with Crippen LogP contribution in [-0.4, -0.2) is 23.8 Å². The third-order valence-electron chi connectivity index (χ3n) is 3.98. The van der Waals surface area contributed by atoms with E-state index in [0.717, 1.165) is 37.4 Å². The molecular weight excluding hydrogens is 266 g/mol. The number of hydrogen-bond acceptors (Lipinski definition) is 5. The lowest BCUT2D eigenvalue weighted by Crippen LogP contribution is -2.27. The van der Waals surface area contributed by atoms with Crippen LogP contribution >= 0.6 is 0 Å². The Morgan fingerprint density at radius 2 is 2.33 bits per heavy atom. The van der Waals surface area contributed by atoms with Gasteiger partial charge in [-0.25, -0.2) is 0 Å². The highest BCUT2D eigenvalue weighted by Gasteiger charge is 2.20. The first kappa shape index (κ1) is 14.1. The van der Waals surface area contributed by atoms with Crippen LogP contribution in [-0.2, 0) is 12.8 Å². The number of fused-ring (bicyclic) bond motifs is 1. The largest absolute Gasteiger partial charge is 0.497 e. The van der Waals surface area contributed by atoms with E-state index < -0.39 is 0 Å². The van der Waals surface area contributed by atoms with Gasteiger partial charge >= 0.3 is 0 Å². The summed E-state index contributed by atoms with van der Waals surface area (Å²) in [6.45, 7) is 2.66. The molecular formula is C16H21N3O2. The predicted octanol–water partition coefficient (Wildman–Crippen LogP) is 2.60. The minimum absolute atomic E-state index is 0.386. The fourth-order valence-corrected chi connectivity index (χ4v) is 2.92. The number of aryl methyl sites for hydroxylation is 2. The van der Waals surface area contributed by atoms with E-state index in [1.807, 2.05) is 13.0 Å². The van der Waals surface area contributed by atoms with Gasteiger partial charge in [0.25, 0.3) is 0 Å². The normalized spacial score (nSPS) is 17.5. The average Bonchev–Trinajstić information content (AvgIpc) is 2.92. The molecule has 0 spiro atoms. The highest BCUT2D eigenvalue weighted by Crippen LogP contribution is 2.32. The molecule has 21 heavy (non-hydrogen) atoms. The average molecular weight is 287 g/mol. The zero-order valence-corrected chi connectivity index (χ0v) is 12.6. The summed E-state index contributed by atoms with van der Waals surface area (Å²) in [5, 5.41) is 7.53. The van der Waals surface area contributed by atoms with Gasteiger partial charge in [-0.2, -0.15) is 4.98 Å². The number of nitrogens with zero attached hydrogens (tertiary/aromatic N) is 2. The van der Waals surface area contributed by atoms with Gasteiger partial charge in [-0.05, 0) is 42.5 Å². The molecule has 112 valence electrons. The molecule has 0 radical (unpaired) electrons. The van der Waals surface area contributed by atoms with Gasteiger partial charge < -0.3 is 14.6 Å². The standard InChI is InChI=1S/C16H21N3O2/c1-11-18-16(19-21-11)8-9-17-15-5-3-4-12-6-7-13(20-2)10-14(12)15/h6-7,10,15,17H,3-5,8-9H2,1-2H3. The van der Waals surface area contributed by atoms with Gasteiger partial charge in [-0.1, -0.05) is 11.2 Å². The van der Waals surface area contributed by atoms with E-state index >= 15 is 0 Å². The van der Waals surface area contributed by atoms with E-state index in [2.05, 4.69) is 27.6 Å². The molecule has 1 aliphatic carbocycles. The first-order valence-electron chi connectivity index (χ1n) is 7.45. The molecule has 1 aliphatic rings. The SMILES string of the molecule is COc1ccc2c(c1)C(NCCc1noc(C)n1)CCC2. The lowest BCUT2D eigenvalue weighted by atomic mass is 9.87. The third-order valence-corrected chi connectivity index (χ3v) is 3.98. The Kier molecular flexibility index (Phi) is 4.20. The molecule has 1 aromatic carbocycles. The van der Waals surface area contributed by atoms with Crippen molar-refractivity contribution in [3.05, 3.63) is 41.0 Å². The van der Waals surface area contributed by atoms with Gasteiger partial charge in [0.1, 0.15) is 5.75 Å². The lowest BCUT2D eigenvalue weighted by Gasteiger charge is -2.27. The van der Waals surface area contributed by atoms with E-state index in [0.29, 0.717) is 11.9 Å². The minimum Gasteiger partial charge on any atom is -0.497 e. The predicted molar refractivity (Wildman–Crippen MR) is 79.4 cm³/mol. The van der Waals surface area contributed by atoms with E-state index in [9.17, 15) is 0 Å². The summed E-state index contributed by atoms with van der Waals surface area (Å²) in [4.78, 5) is 4.23. The fraction of sp³-hybridized carbons (Fsp3) is 0.500. The van der Waals surface area contributed by atoms with Gasteiger partial charge in [0.05, 0.1) is 7.11 Å². The second-order valence-corrected chi connectivity index (χ2v) is 5.44. The molecule has 1 atom stereocenters. The van der Waals surface area contributed by atoms with Crippen molar-refractivity contribution in [2.24, 2.45) is 0 Å². The topological polar surface area (TPSA) is 60.2 Å². The van der Waals surface area contributed by atoms with E-state index in [4.69, 9.17) is 9.26 Å². The lowest BCUT2D eigenvalue weighted by molar-refractivity contribution is 0.385. The van der Waals surface area contributed by atoms with Gasteiger partial charge in [-0.15, -0.1) is 0 Å². The number of aromatic nitrogens is 2. The van der Waals surface area contributed by atoms with Crippen LogP contribution in [0.25, 0.3) is 0 Å². The molecule has 0 fully saturated rings. The molecule has 1 unspecified atom stereocenters. The Morgan fingerprint density at radius 1 is 1.43 bits per heavy atom. The van der Waals surface area contributed by atoms with Crippen molar-refractivity contribution in [2.45, 2.75) is 38.6 Å². The Hall–Kier alpha value is -1.88. The maximum absolute atomic E-state index is 5.34. The smallest absolute Gasteiger partial charge is 0.223 e. The molecule has 0 bridgehead atoms. The maximum atomic E-state index is 5.34. The molecule has 0 aliphatic heterocycles. The number of benzene rings is 1. The van der Waals surface area contributed by atoms with Gasteiger partial charge in [0.15, 0.2) is 5.82 Å². The van der Waals surface area contributed by atoms with Gasteiger partial charge in [0, 0.05) is 25.9 Å². The van der Waals surface area contributed by atoms with Crippen LogP contribution in [0.15, 0.2) is 22.7 Å². The molecule has 0 amide bonds. The number of ether oxygens (including phenoxy) is 1. The summed E-state index contributed by atoms with van der Waals surface area (Å²) in [5.41, 5.74) is 2.79. The summed E-state index contributed by atoms with van der Waals surface area (Å²) in [7, 11) is 1.71. The zero-order valence-electron chi connectivity index (χ0n) is 12.6. The summed E-state index contributed by atoms with van der Waals surface area (Å²) in [5.74, 6) is 2.32. The highest BCUT2D eigenvalue weighted by molar-refractivity contribution is 5.39. The second kappa shape index (κ2) is 6.26. The van der Waals surface area contributed by atoms with Crippen LogP contribution in [0.1, 0.15) is 41.7 Å². The van der Waals surface area contributed by atoms with Gasteiger partial charge in [0.2, 0.25) is 5.89 Å². The van der Waals surface area contributed by atoms with Crippen LogP contribution in [0.2, 0.25) is 0 Å². The van der Waals surface area contributed by atoms with Crippen LogP contribution in [0.3, 0.4) is 0 Å². The summed E-state index contributed by atoms with van der Waals surface area (Å²) in [6.07, 6.45) is 4.32. The van der Waals surface area contributed by atoms with Crippen molar-refractivity contribution in [1.82, 2.24) is 15.5 Å². The third kappa shape index (κ3) is 3.24. The van der Waals surface area contributed by atoms with Crippen LogP contribution < -0.4 is 10.1 Å². The van der Waals surface area contributed by atoms with Crippen LogP contribution in [0.5, 0.6) is 5.75 Å². The van der Waals surface area contributed by atoms with E-state index in [1.54, 1.807) is 7.11 Å². The molecule has 5 nitrogen and oxygen atoms in total. The Labute approximate surface area is 124 Å². The van der Waals surface area contributed by atoms with Crippen molar-refractivity contribution in [1.29, 1.82) is 0 Å². The molecule has 5 heteroatoms. The second-order valence-electron chi connectivity index (χ2n) is 5.44. The summed E-state index contributed by atoms with van der Waals surface area (Å²) < 4.78 is 10.3. The number of methoxy groups -OCH3 is 1. The molecule has 0 saturated carbocycles. The molecule has 2 aromatic rings. The molecule has 0 saturated heterocycles. The first-order valence-corrected chi connectivity index (χ1v) is 7.45. The fourth-order valence-electron chi connectivity index (χ4n) is 2.92. The number of rotatable bonds is 5.